The zero-order chi connectivity index (χ0) is 17.5. The molecule has 0 saturated heterocycles. The molecule has 0 bridgehead atoms. The highest BCUT2D eigenvalue weighted by molar-refractivity contribution is 9.13. The van der Waals surface area contributed by atoms with Crippen molar-refractivity contribution in [2.45, 2.75) is 4.90 Å². The minimum atomic E-state index is -4.08. The van der Waals surface area contributed by atoms with Gasteiger partial charge in [-0.25, -0.2) is 17.9 Å². The molecule has 2 aromatic carbocycles. The molecule has 0 atom stereocenters. The molecule has 2 N–H and O–H groups in total. The molecule has 0 aliphatic rings. The van der Waals surface area contributed by atoms with Crippen LogP contribution in [0, 0.1) is 5.82 Å². The van der Waals surface area contributed by atoms with Gasteiger partial charge in [-0.2, -0.15) is 11.3 Å². The number of hydrogen-bond donors (Lipinski definition) is 1. The van der Waals surface area contributed by atoms with E-state index in [0.29, 0.717) is 5.56 Å². The van der Waals surface area contributed by atoms with Crippen LogP contribution in [0.15, 0.2) is 61.0 Å². The maximum Gasteiger partial charge on any atom is 0.240 e. The molecule has 0 aliphatic heterocycles. The second-order valence-electron chi connectivity index (χ2n) is 5.02. The van der Waals surface area contributed by atoms with Gasteiger partial charge in [0.05, 0.1) is 0 Å². The van der Waals surface area contributed by atoms with E-state index in [4.69, 9.17) is 5.14 Å². The standard InChI is InChI=1S/C16H10Br2FNO2S2/c17-13-3-1-9(5-14(13)18)11-7-23-8-12(11)10-2-4-16(15(19)6-10)24(20,21)22/h1-8H,(H2,20,21,22). The van der Waals surface area contributed by atoms with Crippen LogP contribution < -0.4 is 5.14 Å². The van der Waals surface area contributed by atoms with Gasteiger partial charge in [0.1, 0.15) is 10.7 Å². The number of rotatable bonds is 3. The summed E-state index contributed by atoms with van der Waals surface area (Å²) in [7, 11) is -4.08. The zero-order valence-corrected chi connectivity index (χ0v) is 16.8. The molecule has 0 fully saturated rings. The Bertz CT molecular complexity index is 1030. The average Bonchev–Trinajstić information content (AvgIpc) is 2.98. The first-order chi connectivity index (χ1) is 11.3. The summed E-state index contributed by atoms with van der Waals surface area (Å²) in [5.74, 6) is -0.857. The third-order valence-corrected chi connectivity index (χ3v) is 7.01. The van der Waals surface area contributed by atoms with Crippen molar-refractivity contribution in [2.75, 3.05) is 0 Å². The summed E-state index contributed by atoms with van der Waals surface area (Å²) in [6.45, 7) is 0. The van der Waals surface area contributed by atoms with Gasteiger partial charge >= 0.3 is 0 Å². The van der Waals surface area contributed by atoms with Gasteiger partial charge in [0.2, 0.25) is 10.0 Å². The van der Waals surface area contributed by atoms with Crippen LogP contribution in [0.3, 0.4) is 0 Å². The molecule has 3 aromatic rings. The Morgan fingerprint density at radius 3 is 2.04 bits per heavy atom. The molecule has 0 radical (unpaired) electrons. The van der Waals surface area contributed by atoms with Crippen molar-refractivity contribution < 1.29 is 12.8 Å². The molecule has 24 heavy (non-hydrogen) atoms. The number of benzene rings is 2. The summed E-state index contributed by atoms with van der Waals surface area (Å²) in [4.78, 5) is -0.505. The summed E-state index contributed by atoms with van der Waals surface area (Å²) in [5, 5.41) is 8.87. The monoisotopic (exact) mass is 489 g/mol. The van der Waals surface area contributed by atoms with Gasteiger partial charge in [0.25, 0.3) is 0 Å². The Morgan fingerprint density at radius 1 is 0.917 bits per heavy atom. The molecule has 0 amide bonds. The van der Waals surface area contributed by atoms with Crippen LogP contribution in [-0.4, -0.2) is 8.42 Å². The molecule has 0 saturated carbocycles. The Labute approximate surface area is 159 Å². The molecule has 3 nitrogen and oxygen atoms in total. The van der Waals surface area contributed by atoms with E-state index in [1.807, 2.05) is 29.0 Å². The van der Waals surface area contributed by atoms with E-state index in [9.17, 15) is 12.8 Å². The Kier molecular flexibility index (Phi) is 4.94. The molecule has 8 heteroatoms. The fraction of sp³-hybridized carbons (Fsp3) is 0. The average molecular weight is 491 g/mol. The lowest BCUT2D eigenvalue weighted by Crippen LogP contribution is -2.13. The van der Waals surface area contributed by atoms with Gasteiger partial charge < -0.3 is 0 Å². The first kappa shape index (κ1) is 17.8. The lowest BCUT2D eigenvalue weighted by atomic mass is 9.99. The molecule has 0 aliphatic carbocycles. The Balaban J connectivity index is 2.11. The quantitative estimate of drug-likeness (QED) is 0.534. The van der Waals surface area contributed by atoms with Crippen LogP contribution in [0.25, 0.3) is 22.3 Å². The predicted octanol–water partition coefficient (Wildman–Crippen LogP) is 5.39. The van der Waals surface area contributed by atoms with Crippen LogP contribution in [0.5, 0.6) is 0 Å². The number of halogens is 3. The van der Waals surface area contributed by atoms with Crippen LogP contribution in [0.4, 0.5) is 4.39 Å². The molecular weight excluding hydrogens is 481 g/mol. The van der Waals surface area contributed by atoms with E-state index >= 15 is 0 Å². The lowest BCUT2D eigenvalue weighted by Gasteiger charge is -2.08. The lowest BCUT2D eigenvalue weighted by molar-refractivity contribution is 0.568. The highest BCUT2D eigenvalue weighted by Gasteiger charge is 2.17. The van der Waals surface area contributed by atoms with E-state index < -0.39 is 20.7 Å². The minimum Gasteiger partial charge on any atom is -0.225 e. The van der Waals surface area contributed by atoms with Crippen molar-refractivity contribution in [3.63, 3.8) is 0 Å². The van der Waals surface area contributed by atoms with Crippen molar-refractivity contribution in [2.24, 2.45) is 5.14 Å². The Hall–Kier alpha value is -1.06. The SMILES string of the molecule is NS(=O)(=O)c1ccc(-c2cscc2-c2ccc(Br)c(Br)c2)cc1F. The van der Waals surface area contributed by atoms with Gasteiger partial charge in [-0.15, -0.1) is 0 Å². The highest BCUT2D eigenvalue weighted by Crippen LogP contribution is 2.38. The fourth-order valence-electron chi connectivity index (χ4n) is 2.31. The maximum absolute atomic E-state index is 14.1. The number of sulfonamides is 1. The smallest absolute Gasteiger partial charge is 0.225 e. The number of hydrogen-bond acceptors (Lipinski definition) is 3. The number of primary sulfonamides is 1. The largest absolute Gasteiger partial charge is 0.240 e. The van der Waals surface area contributed by atoms with Gasteiger partial charge in [0.15, 0.2) is 0 Å². The first-order valence-electron chi connectivity index (χ1n) is 6.61. The third kappa shape index (κ3) is 3.48. The molecule has 124 valence electrons. The molecule has 1 aromatic heterocycles. The minimum absolute atomic E-state index is 0.505. The van der Waals surface area contributed by atoms with Crippen LogP contribution in [0.2, 0.25) is 0 Å². The molecule has 0 spiro atoms. The Morgan fingerprint density at radius 2 is 1.50 bits per heavy atom. The zero-order valence-electron chi connectivity index (χ0n) is 12.0. The molecular formula is C16H10Br2FNO2S2. The van der Waals surface area contributed by atoms with Crippen LogP contribution in [-0.2, 0) is 10.0 Å². The van der Waals surface area contributed by atoms with Crippen LogP contribution >= 0.6 is 43.2 Å². The van der Waals surface area contributed by atoms with Gasteiger partial charge in [-0.3, -0.25) is 0 Å². The van der Waals surface area contributed by atoms with E-state index in [2.05, 4.69) is 31.9 Å². The van der Waals surface area contributed by atoms with Crippen molar-refractivity contribution in [3.05, 3.63) is 61.9 Å². The summed E-state index contributed by atoms with van der Waals surface area (Å²) in [6.07, 6.45) is 0. The van der Waals surface area contributed by atoms with Crippen molar-refractivity contribution in [3.8, 4) is 22.3 Å². The second kappa shape index (κ2) is 6.68. The van der Waals surface area contributed by atoms with Gasteiger partial charge in [0, 0.05) is 20.1 Å². The molecule has 0 unspecified atom stereocenters. The topological polar surface area (TPSA) is 60.2 Å². The van der Waals surface area contributed by atoms with Gasteiger partial charge in [-0.05, 0) is 78.0 Å². The molecule has 3 rings (SSSR count). The molecule has 1 heterocycles. The summed E-state index contributed by atoms with van der Waals surface area (Å²) < 4.78 is 38.6. The van der Waals surface area contributed by atoms with Gasteiger partial charge in [-0.1, -0.05) is 12.1 Å². The number of nitrogens with two attached hydrogens (primary N) is 1. The second-order valence-corrected chi connectivity index (χ2v) is 9.00. The van der Waals surface area contributed by atoms with E-state index in [0.717, 1.165) is 25.6 Å². The maximum atomic E-state index is 14.1. The van der Waals surface area contributed by atoms with Crippen molar-refractivity contribution >= 4 is 53.2 Å². The van der Waals surface area contributed by atoms with Crippen molar-refractivity contribution in [1.29, 1.82) is 0 Å². The third-order valence-electron chi connectivity index (χ3n) is 3.44. The van der Waals surface area contributed by atoms with E-state index in [1.165, 1.54) is 23.5 Å². The normalized spacial score (nSPS) is 11.7. The van der Waals surface area contributed by atoms with E-state index in [1.54, 1.807) is 6.07 Å². The first-order valence-corrected chi connectivity index (χ1v) is 10.7. The summed E-state index contributed by atoms with van der Waals surface area (Å²) >= 11 is 8.39. The van der Waals surface area contributed by atoms with Crippen molar-refractivity contribution in [1.82, 2.24) is 0 Å². The van der Waals surface area contributed by atoms with Crippen LogP contribution in [0.1, 0.15) is 0 Å². The summed E-state index contributed by atoms with van der Waals surface area (Å²) in [6, 6.07) is 9.78. The highest BCUT2D eigenvalue weighted by atomic mass is 79.9. The predicted molar refractivity (Wildman–Crippen MR) is 102 cm³/mol. The number of thiophene rings is 1. The summed E-state index contributed by atoms with van der Waals surface area (Å²) in [5.41, 5.74) is 3.33. The van der Waals surface area contributed by atoms with E-state index in [-0.39, 0.29) is 0 Å². The fourth-order valence-corrected chi connectivity index (χ4v) is 4.39.